The number of hydrogen-bond acceptors (Lipinski definition) is 1. The van der Waals surface area contributed by atoms with Crippen molar-refractivity contribution in [1.29, 1.82) is 0 Å². The topological polar surface area (TPSA) is 22.0 Å². The summed E-state index contributed by atoms with van der Waals surface area (Å²) in [5.74, 6) is 0.677. The summed E-state index contributed by atoms with van der Waals surface area (Å²) in [6, 6.07) is 2.06. The maximum Gasteiger partial charge on any atom is 0.166 e. The molecule has 1 aromatic heterocycles. The lowest BCUT2D eigenvalue weighted by Gasteiger charge is -1.96. The first-order valence-corrected chi connectivity index (χ1v) is 3.93. The summed E-state index contributed by atoms with van der Waals surface area (Å²) in [4.78, 5) is 10.6. The molecule has 1 aromatic rings. The van der Waals surface area contributed by atoms with Crippen molar-refractivity contribution in [3.63, 3.8) is 0 Å². The summed E-state index contributed by atoms with van der Waals surface area (Å²) in [6.45, 7) is 0. The molecule has 1 fully saturated rings. The van der Waals surface area contributed by atoms with E-state index in [1.165, 1.54) is 18.4 Å². The van der Waals surface area contributed by atoms with Gasteiger partial charge in [0.1, 0.15) is 0 Å². The Labute approximate surface area is 65.8 Å². The van der Waals surface area contributed by atoms with E-state index in [1.807, 2.05) is 17.8 Å². The van der Waals surface area contributed by atoms with Crippen molar-refractivity contribution in [2.45, 2.75) is 18.8 Å². The van der Waals surface area contributed by atoms with Crippen LogP contribution in [0.25, 0.3) is 0 Å². The Kier molecular flexibility index (Phi) is 1.34. The van der Waals surface area contributed by atoms with Crippen LogP contribution in [0.1, 0.15) is 34.8 Å². The fraction of sp³-hybridized carbons (Fsp3) is 0.444. The SMILES string of the molecule is Cn1ccc(C2CC2)c1C=O. The van der Waals surface area contributed by atoms with Gasteiger partial charge in [-0.15, -0.1) is 0 Å². The lowest BCUT2D eigenvalue weighted by molar-refractivity contribution is 0.111. The molecule has 2 rings (SSSR count). The number of carbonyl (C=O) groups is 1. The van der Waals surface area contributed by atoms with Gasteiger partial charge in [0.25, 0.3) is 0 Å². The zero-order valence-corrected chi connectivity index (χ0v) is 6.58. The minimum atomic E-state index is 0.677. The zero-order chi connectivity index (χ0) is 7.84. The third-order valence-corrected chi connectivity index (χ3v) is 2.28. The average Bonchev–Trinajstić information content (AvgIpc) is 2.76. The predicted octanol–water partition coefficient (Wildman–Crippen LogP) is 1.72. The molecule has 0 spiro atoms. The molecule has 11 heavy (non-hydrogen) atoms. The Bertz CT molecular complexity index is 284. The molecular weight excluding hydrogens is 138 g/mol. The molecule has 2 heteroatoms. The second-order valence-electron chi connectivity index (χ2n) is 3.16. The van der Waals surface area contributed by atoms with Crippen LogP contribution in [0.5, 0.6) is 0 Å². The van der Waals surface area contributed by atoms with Gasteiger partial charge in [0.05, 0.1) is 5.69 Å². The molecule has 0 aromatic carbocycles. The molecule has 0 bridgehead atoms. The molecule has 0 aliphatic heterocycles. The van der Waals surface area contributed by atoms with Crippen LogP contribution in [0, 0.1) is 0 Å². The fourth-order valence-corrected chi connectivity index (χ4v) is 1.45. The molecule has 1 aliphatic rings. The minimum Gasteiger partial charge on any atom is -0.348 e. The molecular formula is C9H11NO. The van der Waals surface area contributed by atoms with Crippen molar-refractivity contribution in [3.05, 3.63) is 23.5 Å². The fourth-order valence-electron chi connectivity index (χ4n) is 1.45. The van der Waals surface area contributed by atoms with E-state index in [0.717, 1.165) is 12.0 Å². The highest BCUT2D eigenvalue weighted by Crippen LogP contribution is 2.41. The average molecular weight is 149 g/mol. The van der Waals surface area contributed by atoms with Crippen LogP contribution in [-0.4, -0.2) is 10.9 Å². The second-order valence-corrected chi connectivity index (χ2v) is 3.16. The van der Waals surface area contributed by atoms with Crippen molar-refractivity contribution in [1.82, 2.24) is 4.57 Å². The molecule has 1 heterocycles. The number of aromatic nitrogens is 1. The first-order valence-electron chi connectivity index (χ1n) is 3.93. The van der Waals surface area contributed by atoms with E-state index in [0.29, 0.717) is 5.92 Å². The van der Waals surface area contributed by atoms with E-state index < -0.39 is 0 Å². The summed E-state index contributed by atoms with van der Waals surface area (Å²) in [6.07, 6.45) is 5.42. The van der Waals surface area contributed by atoms with Crippen molar-refractivity contribution in [3.8, 4) is 0 Å². The van der Waals surface area contributed by atoms with Gasteiger partial charge < -0.3 is 4.57 Å². The van der Waals surface area contributed by atoms with Crippen molar-refractivity contribution in [2.75, 3.05) is 0 Å². The van der Waals surface area contributed by atoms with Crippen LogP contribution < -0.4 is 0 Å². The molecule has 0 amide bonds. The number of nitrogens with zero attached hydrogens (tertiary/aromatic N) is 1. The molecule has 0 atom stereocenters. The third-order valence-electron chi connectivity index (χ3n) is 2.28. The van der Waals surface area contributed by atoms with Crippen LogP contribution in [0.15, 0.2) is 12.3 Å². The maximum absolute atomic E-state index is 10.6. The maximum atomic E-state index is 10.6. The van der Waals surface area contributed by atoms with Crippen molar-refractivity contribution >= 4 is 6.29 Å². The first-order chi connectivity index (χ1) is 5.33. The second kappa shape index (κ2) is 2.22. The molecule has 2 nitrogen and oxygen atoms in total. The quantitative estimate of drug-likeness (QED) is 0.587. The summed E-state index contributed by atoms with van der Waals surface area (Å²) in [5.41, 5.74) is 2.09. The summed E-state index contributed by atoms with van der Waals surface area (Å²) < 4.78 is 1.89. The normalized spacial score (nSPS) is 16.8. The van der Waals surface area contributed by atoms with Crippen LogP contribution in [0.4, 0.5) is 0 Å². The van der Waals surface area contributed by atoms with Gasteiger partial charge in [-0.3, -0.25) is 4.79 Å². The highest BCUT2D eigenvalue weighted by Gasteiger charge is 2.26. The van der Waals surface area contributed by atoms with E-state index in [2.05, 4.69) is 6.07 Å². The Balaban J connectivity index is 2.44. The van der Waals surface area contributed by atoms with Crippen LogP contribution in [0.3, 0.4) is 0 Å². The molecule has 0 saturated heterocycles. The number of aldehydes is 1. The Hall–Kier alpha value is -1.05. The van der Waals surface area contributed by atoms with Gasteiger partial charge >= 0.3 is 0 Å². The molecule has 1 aliphatic carbocycles. The highest BCUT2D eigenvalue weighted by atomic mass is 16.1. The molecule has 1 saturated carbocycles. The monoisotopic (exact) mass is 149 g/mol. The molecule has 58 valence electrons. The van der Waals surface area contributed by atoms with Crippen molar-refractivity contribution in [2.24, 2.45) is 7.05 Å². The number of carbonyl (C=O) groups excluding carboxylic acids is 1. The Morgan fingerprint density at radius 3 is 2.91 bits per heavy atom. The van der Waals surface area contributed by atoms with Gasteiger partial charge in [0.2, 0.25) is 0 Å². The largest absolute Gasteiger partial charge is 0.348 e. The molecule has 0 unspecified atom stereocenters. The summed E-state index contributed by atoms with van der Waals surface area (Å²) >= 11 is 0. The van der Waals surface area contributed by atoms with Gasteiger partial charge in [-0.1, -0.05) is 0 Å². The standard InChI is InChI=1S/C9H11NO/c1-10-5-4-8(7-2-3-7)9(10)6-11/h4-7H,2-3H2,1H3. The number of aryl methyl sites for hydroxylation is 1. The van der Waals surface area contributed by atoms with E-state index in [1.54, 1.807) is 0 Å². The van der Waals surface area contributed by atoms with Gasteiger partial charge in [-0.25, -0.2) is 0 Å². The lowest BCUT2D eigenvalue weighted by Crippen LogP contribution is -1.95. The van der Waals surface area contributed by atoms with Crippen LogP contribution in [0.2, 0.25) is 0 Å². The molecule has 0 N–H and O–H groups in total. The van der Waals surface area contributed by atoms with E-state index in [9.17, 15) is 4.79 Å². The van der Waals surface area contributed by atoms with Crippen LogP contribution in [-0.2, 0) is 7.05 Å². The van der Waals surface area contributed by atoms with Gasteiger partial charge in [0.15, 0.2) is 6.29 Å². The number of hydrogen-bond donors (Lipinski definition) is 0. The molecule has 0 radical (unpaired) electrons. The van der Waals surface area contributed by atoms with Gasteiger partial charge in [-0.05, 0) is 30.4 Å². The third kappa shape index (κ3) is 0.985. The first kappa shape index (κ1) is 6.65. The zero-order valence-electron chi connectivity index (χ0n) is 6.58. The summed E-state index contributed by atoms with van der Waals surface area (Å²) in [7, 11) is 1.91. The lowest BCUT2D eigenvalue weighted by atomic mass is 10.2. The Morgan fingerprint density at radius 1 is 1.64 bits per heavy atom. The van der Waals surface area contributed by atoms with Crippen LogP contribution >= 0.6 is 0 Å². The minimum absolute atomic E-state index is 0.677. The van der Waals surface area contributed by atoms with E-state index in [4.69, 9.17) is 0 Å². The smallest absolute Gasteiger partial charge is 0.166 e. The van der Waals surface area contributed by atoms with E-state index >= 15 is 0 Å². The van der Waals surface area contributed by atoms with E-state index in [-0.39, 0.29) is 0 Å². The van der Waals surface area contributed by atoms with Gasteiger partial charge in [-0.2, -0.15) is 0 Å². The highest BCUT2D eigenvalue weighted by molar-refractivity contribution is 5.75. The Morgan fingerprint density at radius 2 is 2.36 bits per heavy atom. The summed E-state index contributed by atoms with van der Waals surface area (Å²) in [5, 5.41) is 0. The van der Waals surface area contributed by atoms with Gasteiger partial charge in [0, 0.05) is 13.2 Å². The van der Waals surface area contributed by atoms with Crippen molar-refractivity contribution < 1.29 is 4.79 Å². The number of rotatable bonds is 2. The predicted molar refractivity (Wildman–Crippen MR) is 42.8 cm³/mol.